The van der Waals surface area contributed by atoms with Gasteiger partial charge in [-0.1, -0.05) is 32.4 Å². The highest BCUT2D eigenvalue weighted by atomic mass is 35.5. The van der Waals surface area contributed by atoms with Gasteiger partial charge in [-0.15, -0.1) is 0 Å². The quantitative estimate of drug-likeness (QED) is 0.361. The fourth-order valence-electron chi connectivity index (χ4n) is 2.39. The van der Waals surface area contributed by atoms with E-state index in [2.05, 4.69) is 39.9 Å². The molecule has 0 aliphatic heterocycles. The summed E-state index contributed by atoms with van der Waals surface area (Å²) in [6.07, 6.45) is 2.88. The zero-order valence-electron chi connectivity index (χ0n) is 16.7. The largest absolute Gasteiger partial charge is 0.481 e. The minimum Gasteiger partial charge on any atom is -0.481 e. The van der Waals surface area contributed by atoms with E-state index in [1.807, 2.05) is 12.1 Å². The lowest BCUT2D eigenvalue weighted by Gasteiger charge is -2.36. The smallest absolute Gasteiger partial charge is 0.191 e. The Labute approximate surface area is 168 Å². The van der Waals surface area contributed by atoms with Crippen molar-refractivity contribution in [1.82, 2.24) is 0 Å². The van der Waals surface area contributed by atoms with E-state index in [0.717, 1.165) is 18.6 Å². The molecule has 0 fully saturated rings. The van der Waals surface area contributed by atoms with Crippen molar-refractivity contribution >= 4 is 19.9 Å². The Morgan fingerprint density at radius 2 is 2.00 bits per heavy atom. The summed E-state index contributed by atoms with van der Waals surface area (Å²) in [5.41, 5.74) is 0.452. The molecule has 2 aromatic rings. The number of hydrogen-bond acceptors (Lipinski definition) is 4. The minimum absolute atomic E-state index is 0.187. The third kappa shape index (κ3) is 5.87. The molecule has 2 rings (SSSR count). The first kappa shape index (κ1) is 21.6. The molecule has 0 N–H and O–H groups in total. The van der Waals surface area contributed by atoms with E-state index >= 15 is 0 Å². The lowest BCUT2D eigenvalue weighted by atomic mass is 10.1. The van der Waals surface area contributed by atoms with Crippen LogP contribution in [0.25, 0.3) is 0 Å². The van der Waals surface area contributed by atoms with Crippen LogP contribution >= 0.6 is 11.6 Å². The van der Waals surface area contributed by atoms with Gasteiger partial charge in [0.05, 0.1) is 11.8 Å². The molecule has 4 nitrogen and oxygen atoms in total. The Kier molecular flexibility index (Phi) is 7.16. The molecule has 0 spiro atoms. The fraction of sp³-hybridized carbons (Fsp3) is 0.476. The van der Waals surface area contributed by atoms with E-state index in [1.165, 1.54) is 0 Å². The molecule has 1 unspecified atom stereocenters. The van der Waals surface area contributed by atoms with Gasteiger partial charge < -0.3 is 13.6 Å². The van der Waals surface area contributed by atoms with E-state index in [0.29, 0.717) is 22.9 Å². The second-order valence-electron chi connectivity index (χ2n) is 8.13. The molecule has 0 amide bonds. The minimum atomic E-state index is -1.76. The topological polar surface area (TPSA) is 55.4 Å². The van der Waals surface area contributed by atoms with Crippen molar-refractivity contribution in [2.24, 2.45) is 0 Å². The van der Waals surface area contributed by atoms with Gasteiger partial charge in [-0.05, 0) is 55.2 Å². The number of nitrogens with zero attached hydrogens (tertiary/aromatic N) is 1. The van der Waals surface area contributed by atoms with Crippen LogP contribution < -0.4 is 4.74 Å². The Morgan fingerprint density at radius 3 is 2.59 bits per heavy atom. The molecular formula is C21H28ClNO3Si. The van der Waals surface area contributed by atoms with Gasteiger partial charge in [-0.2, -0.15) is 5.26 Å². The summed E-state index contributed by atoms with van der Waals surface area (Å²) >= 11 is 6.07. The van der Waals surface area contributed by atoms with E-state index in [-0.39, 0.29) is 11.1 Å². The number of halogens is 1. The number of ether oxygens (including phenoxy) is 1. The molecule has 27 heavy (non-hydrogen) atoms. The summed E-state index contributed by atoms with van der Waals surface area (Å²) in [5, 5.41) is 10.0. The lowest BCUT2D eigenvalue weighted by Crippen LogP contribution is -2.41. The van der Waals surface area contributed by atoms with Gasteiger partial charge in [0.25, 0.3) is 0 Å². The summed E-state index contributed by atoms with van der Waals surface area (Å²) in [6, 6.07) is 10.9. The second-order valence-corrected chi connectivity index (χ2v) is 13.4. The molecular weight excluding hydrogens is 378 g/mol. The first-order chi connectivity index (χ1) is 12.6. The van der Waals surface area contributed by atoms with Crippen molar-refractivity contribution in [3.63, 3.8) is 0 Å². The molecule has 0 radical (unpaired) electrons. The Bertz CT molecular complexity index is 776. The van der Waals surface area contributed by atoms with Crippen LogP contribution in [0.5, 0.6) is 5.75 Å². The maximum absolute atomic E-state index is 9.32. The third-order valence-corrected chi connectivity index (χ3v) is 9.85. The SMILES string of the molecule is CC(C)(C)[Si](C)(C)OCCCC(Oc1cc(Cl)ccc1C#N)c1ccco1. The molecule has 146 valence electrons. The standard InChI is InChI=1S/C21H28ClNO3Si/c1-21(2,3)27(4,5)25-13-7-9-19(18-8-6-12-24-18)26-20-14-17(22)11-10-16(20)15-23/h6,8,10-12,14,19H,7,9,13H2,1-5H3. The molecule has 0 bridgehead atoms. The zero-order valence-corrected chi connectivity index (χ0v) is 18.5. The number of rotatable bonds is 8. The molecule has 0 aliphatic carbocycles. The molecule has 1 atom stereocenters. The van der Waals surface area contributed by atoms with Gasteiger partial charge in [0, 0.05) is 17.7 Å². The maximum Gasteiger partial charge on any atom is 0.191 e. The highest BCUT2D eigenvalue weighted by Gasteiger charge is 2.36. The monoisotopic (exact) mass is 405 g/mol. The number of hydrogen-bond donors (Lipinski definition) is 0. The average molecular weight is 406 g/mol. The Balaban J connectivity index is 2.05. The first-order valence-electron chi connectivity index (χ1n) is 9.18. The lowest BCUT2D eigenvalue weighted by molar-refractivity contribution is 0.152. The third-order valence-electron chi connectivity index (χ3n) is 5.07. The molecule has 0 saturated heterocycles. The van der Waals surface area contributed by atoms with Gasteiger partial charge in [-0.25, -0.2) is 0 Å². The molecule has 6 heteroatoms. The zero-order chi connectivity index (χ0) is 20.1. The van der Waals surface area contributed by atoms with E-state index in [9.17, 15) is 5.26 Å². The summed E-state index contributed by atoms with van der Waals surface area (Å²) in [6.45, 7) is 11.9. The molecule has 1 heterocycles. The van der Waals surface area contributed by atoms with Crippen molar-refractivity contribution in [3.05, 3.63) is 52.9 Å². The highest BCUT2D eigenvalue weighted by molar-refractivity contribution is 6.74. The predicted octanol–water partition coefficient (Wildman–Crippen LogP) is 6.73. The summed E-state index contributed by atoms with van der Waals surface area (Å²) in [5.74, 6) is 1.20. The van der Waals surface area contributed by atoms with Crippen LogP contribution in [0.1, 0.15) is 51.0 Å². The van der Waals surface area contributed by atoms with Crippen LogP contribution in [0.15, 0.2) is 41.0 Å². The van der Waals surface area contributed by atoms with Gasteiger partial charge in [-0.3, -0.25) is 0 Å². The van der Waals surface area contributed by atoms with E-state index in [1.54, 1.807) is 24.5 Å². The number of furan rings is 1. The highest BCUT2D eigenvalue weighted by Crippen LogP contribution is 2.37. The van der Waals surface area contributed by atoms with Crippen LogP contribution in [0.3, 0.4) is 0 Å². The Morgan fingerprint density at radius 1 is 1.26 bits per heavy atom. The molecule has 1 aromatic heterocycles. The number of nitriles is 1. The van der Waals surface area contributed by atoms with Gasteiger partial charge in [0.2, 0.25) is 0 Å². The van der Waals surface area contributed by atoms with E-state index < -0.39 is 8.32 Å². The van der Waals surface area contributed by atoms with E-state index in [4.69, 9.17) is 25.2 Å². The Hall–Kier alpha value is -1.74. The van der Waals surface area contributed by atoms with Gasteiger partial charge in [0.15, 0.2) is 14.4 Å². The van der Waals surface area contributed by atoms with Crippen LogP contribution in [-0.4, -0.2) is 14.9 Å². The predicted molar refractivity (Wildman–Crippen MR) is 111 cm³/mol. The molecule has 0 saturated carbocycles. The summed E-state index contributed by atoms with van der Waals surface area (Å²) < 4.78 is 17.9. The van der Waals surface area contributed by atoms with Crippen LogP contribution in [0.4, 0.5) is 0 Å². The molecule has 0 aliphatic rings. The second kappa shape index (κ2) is 8.96. The van der Waals surface area contributed by atoms with Crippen molar-refractivity contribution in [1.29, 1.82) is 5.26 Å². The molecule has 1 aromatic carbocycles. The number of benzene rings is 1. The van der Waals surface area contributed by atoms with Crippen molar-refractivity contribution in [2.75, 3.05) is 6.61 Å². The van der Waals surface area contributed by atoms with Gasteiger partial charge >= 0.3 is 0 Å². The maximum atomic E-state index is 9.32. The van der Waals surface area contributed by atoms with Crippen molar-refractivity contribution in [3.8, 4) is 11.8 Å². The fourth-order valence-corrected chi connectivity index (χ4v) is 3.64. The van der Waals surface area contributed by atoms with Crippen LogP contribution in [0.2, 0.25) is 23.2 Å². The van der Waals surface area contributed by atoms with Crippen LogP contribution in [0, 0.1) is 11.3 Å². The summed E-state index contributed by atoms with van der Waals surface area (Å²) in [7, 11) is -1.76. The van der Waals surface area contributed by atoms with Gasteiger partial charge in [0.1, 0.15) is 17.6 Å². The summed E-state index contributed by atoms with van der Waals surface area (Å²) in [4.78, 5) is 0. The van der Waals surface area contributed by atoms with Crippen molar-refractivity contribution in [2.45, 2.75) is 57.8 Å². The van der Waals surface area contributed by atoms with Crippen molar-refractivity contribution < 1.29 is 13.6 Å². The normalized spacial score (nSPS) is 13.2. The average Bonchev–Trinajstić information content (AvgIpc) is 3.11. The van der Waals surface area contributed by atoms with Crippen LogP contribution in [-0.2, 0) is 4.43 Å². The first-order valence-corrected chi connectivity index (χ1v) is 12.5.